The molecule has 2 N–H and O–H groups in total. The molecule has 6 heteroatoms. The second-order valence-corrected chi connectivity index (χ2v) is 6.44. The first-order valence-corrected chi connectivity index (χ1v) is 8.72. The molecule has 27 heavy (non-hydrogen) atoms. The van der Waals surface area contributed by atoms with Gasteiger partial charge in [0, 0.05) is 16.8 Å². The minimum Gasteiger partial charge on any atom is -0.273 e. The van der Waals surface area contributed by atoms with E-state index in [0.29, 0.717) is 5.56 Å². The second kappa shape index (κ2) is 7.86. The summed E-state index contributed by atoms with van der Waals surface area (Å²) >= 11 is 0. The fourth-order valence-electron chi connectivity index (χ4n) is 2.86. The number of nitrogens with one attached hydrogen (secondary N) is 2. The minimum absolute atomic E-state index is 0.138. The Labute approximate surface area is 158 Å². The average molecular weight is 362 g/mol. The molecule has 138 valence electrons. The van der Waals surface area contributed by atoms with Crippen LogP contribution < -0.4 is 10.9 Å². The van der Waals surface area contributed by atoms with Gasteiger partial charge in [0.2, 0.25) is 5.91 Å². The van der Waals surface area contributed by atoms with E-state index in [1.54, 1.807) is 12.1 Å². The maximum Gasteiger partial charge on any atom is 0.269 e. The van der Waals surface area contributed by atoms with Crippen LogP contribution in [0.25, 0.3) is 5.69 Å². The summed E-state index contributed by atoms with van der Waals surface area (Å²) in [5.74, 6) is -0.647. The maximum absolute atomic E-state index is 12.3. The monoisotopic (exact) mass is 362 g/mol. The molecule has 3 aromatic rings. The van der Waals surface area contributed by atoms with Crippen LogP contribution in [0.1, 0.15) is 32.9 Å². The van der Waals surface area contributed by atoms with Gasteiger partial charge in [-0.25, -0.2) is 4.68 Å². The van der Waals surface area contributed by atoms with E-state index < -0.39 is 0 Å². The van der Waals surface area contributed by atoms with Gasteiger partial charge in [-0.05, 0) is 45.0 Å². The third-order valence-corrected chi connectivity index (χ3v) is 4.41. The highest BCUT2D eigenvalue weighted by atomic mass is 16.2. The number of carbonyl (C=O) groups is 2. The van der Waals surface area contributed by atoms with E-state index in [0.717, 1.165) is 28.2 Å². The van der Waals surface area contributed by atoms with Crippen molar-refractivity contribution in [2.45, 2.75) is 27.2 Å². The molecule has 0 fully saturated rings. The SMILES string of the molecule is Cc1ccc(C(=O)NNC(=O)Cc2c(C)nn(-c3ccccc3)c2C)cc1. The van der Waals surface area contributed by atoms with Crippen LogP contribution in [-0.4, -0.2) is 21.6 Å². The predicted octanol–water partition coefficient (Wildman–Crippen LogP) is 2.80. The van der Waals surface area contributed by atoms with Crippen molar-refractivity contribution < 1.29 is 9.59 Å². The van der Waals surface area contributed by atoms with Gasteiger partial charge in [-0.1, -0.05) is 35.9 Å². The first-order chi connectivity index (χ1) is 13.0. The van der Waals surface area contributed by atoms with Crippen molar-refractivity contribution >= 4 is 11.8 Å². The average Bonchev–Trinajstić information content (AvgIpc) is 2.95. The topological polar surface area (TPSA) is 76.0 Å². The largest absolute Gasteiger partial charge is 0.273 e. The Hall–Kier alpha value is -3.41. The molecule has 0 spiro atoms. The number of hydrazine groups is 1. The lowest BCUT2D eigenvalue weighted by Gasteiger charge is -2.08. The van der Waals surface area contributed by atoms with Crippen molar-refractivity contribution in [3.63, 3.8) is 0 Å². The van der Waals surface area contributed by atoms with E-state index in [9.17, 15) is 9.59 Å². The summed E-state index contributed by atoms with van der Waals surface area (Å²) in [5.41, 5.74) is 9.96. The van der Waals surface area contributed by atoms with E-state index in [1.165, 1.54) is 0 Å². The van der Waals surface area contributed by atoms with Crippen LogP contribution in [0.3, 0.4) is 0 Å². The molecular formula is C21H22N4O2. The van der Waals surface area contributed by atoms with Gasteiger partial charge < -0.3 is 0 Å². The number of hydrogen-bond donors (Lipinski definition) is 2. The van der Waals surface area contributed by atoms with E-state index in [2.05, 4.69) is 16.0 Å². The lowest BCUT2D eigenvalue weighted by molar-refractivity contribution is -0.121. The molecule has 0 radical (unpaired) electrons. The van der Waals surface area contributed by atoms with E-state index in [4.69, 9.17) is 0 Å². The lowest BCUT2D eigenvalue weighted by atomic mass is 10.1. The van der Waals surface area contributed by atoms with Crippen molar-refractivity contribution in [1.82, 2.24) is 20.6 Å². The van der Waals surface area contributed by atoms with Gasteiger partial charge in [0.1, 0.15) is 0 Å². The molecule has 0 aliphatic heterocycles. The number of hydrogen-bond acceptors (Lipinski definition) is 3. The van der Waals surface area contributed by atoms with Gasteiger partial charge in [-0.15, -0.1) is 0 Å². The van der Waals surface area contributed by atoms with Gasteiger partial charge >= 0.3 is 0 Å². The molecule has 3 rings (SSSR count). The van der Waals surface area contributed by atoms with Crippen LogP contribution >= 0.6 is 0 Å². The summed E-state index contributed by atoms with van der Waals surface area (Å²) in [4.78, 5) is 24.4. The van der Waals surface area contributed by atoms with Gasteiger partial charge in [-0.2, -0.15) is 5.10 Å². The van der Waals surface area contributed by atoms with E-state index >= 15 is 0 Å². The number of carbonyl (C=O) groups excluding carboxylic acids is 2. The fourth-order valence-corrected chi connectivity index (χ4v) is 2.86. The van der Waals surface area contributed by atoms with Crippen LogP contribution in [0.2, 0.25) is 0 Å². The molecule has 2 amide bonds. The molecule has 2 aromatic carbocycles. The van der Waals surface area contributed by atoms with Crippen LogP contribution in [0.5, 0.6) is 0 Å². The molecule has 6 nitrogen and oxygen atoms in total. The molecule has 0 bridgehead atoms. The van der Waals surface area contributed by atoms with Crippen LogP contribution in [0.4, 0.5) is 0 Å². The Bertz CT molecular complexity index is 960. The summed E-state index contributed by atoms with van der Waals surface area (Å²) in [6.45, 7) is 5.75. The summed E-state index contributed by atoms with van der Waals surface area (Å²) in [6, 6.07) is 16.9. The summed E-state index contributed by atoms with van der Waals surface area (Å²) in [5, 5.41) is 4.53. The first kappa shape index (κ1) is 18.4. The summed E-state index contributed by atoms with van der Waals surface area (Å²) < 4.78 is 1.82. The van der Waals surface area contributed by atoms with Crippen LogP contribution in [0, 0.1) is 20.8 Å². The van der Waals surface area contributed by atoms with Gasteiger partial charge in [-0.3, -0.25) is 20.4 Å². The predicted molar refractivity (Wildman–Crippen MR) is 104 cm³/mol. The number of nitrogens with zero attached hydrogens (tertiary/aromatic N) is 2. The standard InChI is InChI=1S/C21H22N4O2/c1-14-9-11-17(12-10-14)21(27)23-22-20(26)13-19-15(2)24-25(16(19)3)18-7-5-4-6-8-18/h4-12H,13H2,1-3H3,(H,22,26)(H,23,27). The number of amides is 2. The van der Waals surface area contributed by atoms with Crippen molar-refractivity contribution in [2.75, 3.05) is 0 Å². The number of aryl methyl sites for hydroxylation is 2. The molecule has 0 saturated carbocycles. The van der Waals surface area contributed by atoms with Crippen LogP contribution in [-0.2, 0) is 11.2 Å². The smallest absolute Gasteiger partial charge is 0.269 e. The van der Waals surface area contributed by atoms with E-state index in [-0.39, 0.29) is 18.2 Å². The third kappa shape index (κ3) is 4.23. The number of benzene rings is 2. The molecule has 0 atom stereocenters. The lowest BCUT2D eigenvalue weighted by Crippen LogP contribution is -2.42. The Balaban J connectivity index is 1.65. The number of aromatic nitrogens is 2. The Morgan fingerprint density at radius 3 is 2.26 bits per heavy atom. The zero-order valence-corrected chi connectivity index (χ0v) is 15.6. The minimum atomic E-state index is -0.350. The third-order valence-electron chi connectivity index (χ3n) is 4.41. The Morgan fingerprint density at radius 1 is 0.926 bits per heavy atom. The Morgan fingerprint density at radius 2 is 1.59 bits per heavy atom. The van der Waals surface area contributed by atoms with E-state index in [1.807, 2.05) is 67.9 Å². The number of rotatable bonds is 4. The zero-order valence-electron chi connectivity index (χ0n) is 15.6. The quantitative estimate of drug-likeness (QED) is 0.701. The molecule has 0 aliphatic carbocycles. The van der Waals surface area contributed by atoms with Crippen molar-refractivity contribution in [3.8, 4) is 5.69 Å². The molecule has 1 aromatic heterocycles. The first-order valence-electron chi connectivity index (χ1n) is 8.72. The van der Waals surface area contributed by atoms with Gasteiger partial charge in [0.25, 0.3) is 5.91 Å². The van der Waals surface area contributed by atoms with Gasteiger partial charge in [0.05, 0.1) is 17.8 Å². The van der Waals surface area contributed by atoms with Crippen LogP contribution in [0.15, 0.2) is 54.6 Å². The molecule has 0 unspecified atom stereocenters. The normalized spacial score (nSPS) is 10.5. The summed E-state index contributed by atoms with van der Waals surface area (Å²) in [7, 11) is 0. The van der Waals surface area contributed by atoms with Crippen molar-refractivity contribution in [2.24, 2.45) is 0 Å². The highest BCUT2D eigenvalue weighted by Crippen LogP contribution is 2.18. The van der Waals surface area contributed by atoms with Crippen molar-refractivity contribution in [1.29, 1.82) is 0 Å². The second-order valence-electron chi connectivity index (χ2n) is 6.44. The fraction of sp³-hybridized carbons (Fsp3) is 0.190. The van der Waals surface area contributed by atoms with Crippen molar-refractivity contribution in [3.05, 3.63) is 82.7 Å². The maximum atomic E-state index is 12.3. The molecule has 1 heterocycles. The van der Waals surface area contributed by atoms with Gasteiger partial charge in [0.15, 0.2) is 0 Å². The molecular weight excluding hydrogens is 340 g/mol. The molecule has 0 saturated heterocycles. The summed E-state index contributed by atoms with van der Waals surface area (Å²) in [6.07, 6.45) is 0.138. The molecule has 0 aliphatic rings. The number of para-hydroxylation sites is 1. The highest BCUT2D eigenvalue weighted by molar-refractivity contribution is 5.95. The zero-order chi connectivity index (χ0) is 19.4. The highest BCUT2D eigenvalue weighted by Gasteiger charge is 2.16. The Kier molecular flexibility index (Phi) is 5.35.